The summed E-state index contributed by atoms with van der Waals surface area (Å²) in [6, 6.07) is 9.54. The number of hydrogen-bond donors (Lipinski definition) is 0. The van der Waals surface area contributed by atoms with E-state index in [1.807, 2.05) is 36.4 Å². The first kappa shape index (κ1) is 15.1. The molecule has 0 aromatic heterocycles. The van der Waals surface area contributed by atoms with Gasteiger partial charge in [-0.2, -0.15) is 0 Å². The molecule has 0 bridgehead atoms. The van der Waals surface area contributed by atoms with E-state index in [0.717, 1.165) is 5.56 Å². The molecule has 0 fully saturated rings. The van der Waals surface area contributed by atoms with Gasteiger partial charge < -0.3 is 9.47 Å². The van der Waals surface area contributed by atoms with Gasteiger partial charge >= 0.3 is 12.1 Å². The lowest BCUT2D eigenvalue weighted by Crippen LogP contribution is -2.55. The number of hydrogen-bond acceptors (Lipinski definition) is 4. The van der Waals surface area contributed by atoms with Gasteiger partial charge in [0.25, 0.3) is 0 Å². The summed E-state index contributed by atoms with van der Waals surface area (Å²) in [4.78, 5) is 25.6. The zero-order chi connectivity index (χ0) is 15.5. The van der Waals surface area contributed by atoms with Crippen molar-refractivity contribution < 1.29 is 19.1 Å². The van der Waals surface area contributed by atoms with E-state index < -0.39 is 17.6 Å². The fraction of sp³-hybridized carbons (Fsp3) is 0.375. The Hall–Kier alpha value is -2.30. The third-order valence-electron chi connectivity index (χ3n) is 3.73. The van der Waals surface area contributed by atoms with E-state index in [-0.39, 0.29) is 6.04 Å². The van der Waals surface area contributed by atoms with Crippen molar-refractivity contribution in [1.29, 1.82) is 0 Å². The van der Waals surface area contributed by atoms with Gasteiger partial charge in [0.05, 0.1) is 20.3 Å². The Morgan fingerprint density at radius 3 is 2.43 bits per heavy atom. The number of ether oxygens (including phenoxy) is 2. The SMILES string of the molecule is COC(=O)N1[C@H](Cc2ccccc2)C=C[C@]1(C)C(=O)OC. The molecule has 1 aliphatic rings. The highest BCUT2D eigenvalue weighted by Crippen LogP contribution is 2.31. The van der Waals surface area contributed by atoms with E-state index in [9.17, 15) is 9.59 Å². The van der Waals surface area contributed by atoms with Crippen LogP contribution in [-0.2, 0) is 20.7 Å². The molecule has 5 heteroatoms. The number of methoxy groups -OCH3 is 2. The van der Waals surface area contributed by atoms with Crippen LogP contribution < -0.4 is 0 Å². The second-order valence-corrected chi connectivity index (χ2v) is 5.10. The van der Waals surface area contributed by atoms with Crippen molar-refractivity contribution in [2.45, 2.75) is 24.9 Å². The number of carbonyl (C=O) groups excluding carboxylic acids is 2. The first-order valence-electron chi connectivity index (χ1n) is 6.72. The van der Waals surface area contributed by atoms with Gasteiger partial charge in [0.15, 0.2) is 5.54 Å². The lowest BCUT2D eigenvalue weighted by molar-refractivity contribution is -0.150. The Labute approximate surface area is 124 Å². The van der Waals surface area contributed by atoms with Crippen LogP contribution in [0.3, 0.4) is 0 Å². The summed E-state index contributed by atoms with van der Waals surface area (Å²) in [5.41, 5.74) is -0.0587. The topological polar surface area (TPSA) is 55.8 Å². The second-order valence-electron chi connectivity index (χ2n) is 5.10. The van der Waals surface area contributed by atoms with Crippen molar-refractivity contribution in [3.05, 3.63) is 48.0 Å². The minimum absolute atomic E-state index is 0.246. The Morgan fingerprint density at radius 2 is 1.86 bits per heavy atom. The summed E-state index contributed by atoms with van der Waals surface area (Å²) in [6.45, 7) is 1.65. The van der Waals surface area contributed by atoms with Crippen LogP contribution in [0, 0.1) is 0 Å². The molecule has 1 heterocycles. The minimum atomic E-state index is -1.14. The van der Waals surface area contributed by atoms with Crippen molar-refractivity contribution in [2.75, 3.05) is 14.2 Å². The average molecular weight is 289 g/mol. The third-order valence-corrected chi connectivity index (χ3v) is 3.73. The molecule has 0 unspecified atom stereocenters. The highest BCUT2D eigenvalue weighted by Gasteiger charge is 2.48. The van der Waals surface area contributed by atoms with Gasteiger partial charge in [0.1, 0.15) is 0 Å². The quantitative estimate of drug-likeness (QED) is 0.632. The zero-order valence-electron chi connectivity index (χ0n) is 12.4. The molecular weight excluding hydrogens is 270 g/mol. The van der Waals surface area contributed by atoms with Gasteiger partial charge in [-0.25, -0.2) is 9.59 Å². The summed E-state index contributed by atoms with van der Waals surface area (Å²) < 4.78 is 9.65. The van der Waals surface area contributed by atoms with Crippen LogP contribution in [0.2, 0.25) is 0 Å². The Kier molecular flexibility index (Phi) is 4.31. The van der Waals surface area contributed by atoms with E-state index in [4.69, 9.17) is 9.47 Å². The number of carbonyl (C=O) groups is 2. The smallest absolute Gasteiger partial charge is 0.411 e. The molecule has 21 heavy (non-hydrogen) atoms. The molecule has 0 saturated heterocycles. The largest absolute Gasteiger partial charge is 0.467 e. The fourth-order valence-corrected chi connectivity index (χ4v) is 2.62. The van der Waals surface area contributed by atoms with Gasteiger partial charge in [0.2, 0.25) is 0 Å². The summed E-state index contributed by atoms with van der Waals surface area (Å²) in [7, 11) is 2.61. The molecule has 112 valence electrons. The fourth-order valence-electron chi connectivity index (χ4n) is 2.62. The summed E-state index contributed by atoms with van der Waals surface area (Å²) in [5.74, 6) is -0.486. The van der Waals surface area contributed by atoms with E-state index in [2.05, 4.69) is 0 Å². The van der Waals surface area contributed by atoms with Crippen LogP contribution >= 0.6 is 0 Å². The molecule has 0 saturated carbocycles. The highest BCUT2D eigenvalue weighted by molar-refractivity contribution is 5.89. The van der Waals surface area contributed by atoms with Crippen molar-refractivity contribution in [1.82, 2.24) is 4.90 Å². The zero-order valence-corrected chi connectivity index (χ0v) is 12.4. The number of esters is 1. The molecule has 2 rings (SSSR count). The van der Waals surface area contributed by atoms with Crippen molar-refractivity contribution in [3.63, 3.8) is 0 Å². The van der Waals surface area contributed by atoms with Gasteiger partial charge in [-0.05, 0) is 25.0 Å². The maximum absolute atomic E-state index is 12.1. The number of nitrogens with zero attached hydrogens (tertiary/aromatic N) is 1. The molecule has 1 amide bonds. The van der Waals surface area contributed by atoms with Crippen LogP contribution in [-0.4, -0.2) is 42.8 Å². The first-order valence-corrected chi connectivity index (χ1v) is 6.72. The molecule has 0 spiro atoms. The Morgan fingerprint density at radius 1 is 1.19 bits per heavy atom. The third kappa shape index (κ3) is 2.77. The van der Waals surface area contributed by atoms with Crippen molar-refractivity contribution >= 4 is 12.1 Å². The van der Waals surface area contributed by atoms with Crippen LogP contribution in [0.25, 0.3) is 0 Å². The molecule has 0 radical (unpaired) electrons. The molecule has 1 aliphatic heterocycles. The maximum atomic E-state index is 12.1. The summed E-state index contributed by atoms with van der Waals surface area (Å²) >= 11 is 0. The van der Waals surface area contributed by atoms with E-state index in [1.165, 1.54) is 19.1 Å². The number of benzene rings is 1. The Bertz CT molecular complexity index is 555. The van der Waals surface area contributed by atoms with Crippen LogP contribution in [0.15, 0.2) is 42.5 Å². The van der Waals surface area contributed by atoms with Crippen molar-refractivity contribution in [3.8, 4) is 0 Å². The molecule has 1 aromatic carbocycles. The first-order chi connectivity index (χ1) is 10.0. The van der Waals surface area contributed by atoms with Gasteiger partial charge in [-0.1, -0.05) is 36.4 Å². The highest BCUT2D eigenvalue weighted by atomic mass is 16.5. The molecule has 5 nitrogen and oxygen atoms in total. The van der Waals surface area contributed by atoms with Crippen LogP contribution in [0.1, 0.15) is 12.5 Å². The molecule has 2 atom stereocenters. The van der Waals surface area contributed by atoms with Crippen molar-refractivity contribution in [2.24, 2.45) is 0 Å². The maximum Gasteiger partial charge on any atom is 0.411 e. The normalized spacial score (nSPS) is 24.0. The lowest BCUT2D eigenvalue weighted by Gasteiger charge is -2.35. The molecular formula is C16H19NO4. The predicted octanol–water partition coefficient (Wildman–Crippen LogP) is 2.17. The molecule has 0 aliphatic carbocycles. The Balaban J connectivity index is 2.28. The lowest BCUT2D eigenvalue weighted by atomic mass is 10.0. The summed E-state index contributed by atoms with van der Waals surface area (Å²) in [6.07, 6.45) is 3.61. The number of amides is 1. The van der Waals surface area contributed by atoms with Crippen LogP contribution in [0.5, 0.6) is 0 Å². The summed E-state index contributed by atoms with van der Waals surface area (Å²) in [5, 5.41) is 0. The van der Waals surface area contributed by atoms with Gasteiger partial charge in [-0.15, -0.1) is 0 Å². The van der Waals surface area contributed by atoms with Gasteiger partial charge in [-0.3, -0.25) is 4.90 Å². The van der Waals surface area contributed by atoms with Crippen LogP contribution in [0.4, 0.5) is 4.79 Å². The number of rotatable bonds is 3. The average Bonchev–Trinajstić information content (AvgIpc) is 2.84. The second kappa shape index (κ2) is 5.99. The molecule has 0 N–H and O–H groups in total. The van der Waals surface area contributed by atoms with E-state index >= 15 is 0 Å². The standard InChI is InChI=1S/C16H19NO4/c1-16(14(18)20-2)10-9-13(17(16)15(19)21-3)11-12-7-5-4-6-8-12/h4-10,13H,11H2,1-3H3/t13-,16+/m0/s1. The molecule has 1 aromatic rings. The monoisotopic (exact) mass is 289 g/mol. The minimum Gasteiger partial charge on any atom is -0.467 e. The van der Waals surface area contributed by atoms with E-state index in [1.54, 1.807) is 13.0 Å². The predicted molar refractivity (Wildman–Crippen MR) is 77.7 cm³/mol. The van der Waals surface area contributed by atoms with E-state index in [0.29, 0.717) is 6.42 Å². The van der Waals surface area contributed by atoms with Gasteiger partial charge in [0, 0.05) is 0 Å².